The van der Waals surface area contributed by atoms with Gasteiger partial charge in [-0.05, 0) is 48.2 Å². The fourth-order valence-corrected chi connectivity index (χ4v) is 3.97. The van der Waals surface area contributed by atoms with Gasteiger partial charge < -0.3 is 5.11 Å². The minimum absolute atomic E-state index is 0.281. The minimum Gasteiger partial charge on any atom is -0.385 e. The van der Waals surface area contributed by atoms with E-state index in [1.807, 2.05) is 79.0 Å². The van der Waals surface area contributed by atoms with Crippen molar-refractivity contribution in [1.29, 1.82) is 0 Å². The molecule has 1 heterocycles. The van der Waals surface area contributed by atoms with Crippen molar-refractivity contribution in [3.63, 3.8) is 0 Å². The van der Waals surface area contributed by atoms with E-state index < -0.39 is 5.60 Å². The maximum absolute atomic E-state index is 11.1. The molecule has 0 spiro atoms. The maximum Gasteiger partial charge on any atom is 0.0921 e. The van der Waals surface area contributed by atoms with Gasteiger partial charge in [0, 0.05) is 16.6 Å². The van der Waals surface area contributed by atoms with Gasteiger partial charge in [0.1, 0.15) is 0 Å². The molecule has 0 amide bonds. The van der Waals surface area contributed by atoms with Gasteiger partial charge in [-0.1, -0.05) is 60.1 Å². The number of aromatic nitrogens is 1. The molecule has 1 aliphatic carbocycles. The van der Waals surface area contributed by atoms with E-state index in [0.717, 1.165) is 16.8 Å². The van der Waals surface area contributed by atoms with Crippen LogP contribution in [0.4, 0.5) is 0 Å². The molecule has 2 nitrogen and oxygen atoms in total. The van der Waals surface area contributed by atoms with Gasteiger partial charge in [-0.25, -0.2) is 0 Å². The average Bonchev–Trinajstić information content (AvgIpc) is 2.61. The lowest BCUT2D eigenvalue weighted by molar-refractivity contribution is -0.0850. The zero-order chi connectivity index (χ0) is 16.6. The predicted molar refractivity (Wildman–Crippen MR) is 96.0 cm³/mol. The number of rotatable bonds is 3. The van der Waals surface area contributed by atoms with Crippen LogP contribution in [0.5, 0.6) is 0 Å². The van der Waals surface area contributed by atoms with Crippen LogP contribution in [-0.4, -0.2) is 10.1 Å². The van der Waals surface area contributed by atoms with Gasteiger partial charge >= 0.3 is 0 Å². The van der Waals surface area contributed by atoms with E-state index in [1.165, 1.54) is 0 Å². The molecule has 24 heavy (non-hydrogen) atoms. The second-order valence-electron chi connectivity index (χ2n) is 6.56. The maximum atomic E-state index is 11.1. The van der Waals surface area contributed by atoms with Crippen LogP contribution in [0.25, 0.3) is 0 Å². The van der Waals surface area contributed by atoms with Crippen LogP contribution in [0.15, 0.2) is 79.0 Å². The number of halogens is 1. The number of nitrogens with zero attached hydrogens (tertiary/aromatic N) is 1. The molecule has 0 atom stereocenters. The summed E-state index contributed by atoms with van der Waals surface area (Å²) in [5.41, 5.74) is 2.00. The first-order chi connectivity index (χ1) is 11.6. The van der Waals surface area contributed by atoms with Gasteiger partial charge in [0.2, 0.25) is 0 Å². The predicted octanol–water partition coefficient (Wildman–Crippen LogP) is 4.70. The Morgan fingerprint density at radius 2 is 1.46 bits per heavy atom. The minimum atomic E-state index is -0.821. The average molecular weight is 336 g/mol. The fourth-order valence-electron chi connectivity index (χ4n) is 3.85. The van der Waals surface area contributed by atoms with Gasteiger partial charge in [-0.2, -0.15) is 0 Å². The van der Waals surface area contributed by atoms with Crippen molar-refractivity contribution >= 4 is 11.6 Å². The Hall–Kier alpha value is -2.16. The van der Waals surface area contributed by atoms with Crippen molar-refractivity contribution in [2.45, 2.75) is 23.9 Å². The summed E-state index contributed by atoms with van der Waals surface area (Å²) in [6.07, 6.45) is 3.04. The molecule has 3 heteroatoms. The zero-order valence-electron chi connectivity index (χ0n) is 13.2. The highest BCUT2D eigenvalue weighted by Gasteiger charge is 2.57. The smallest absolute Gasteiger partial charge is 0.0921 e. The summed E-state index contributed by atoms with van der Waals surface area (Å²) in [6, 6.07) is 23.7. The lowest BCUT2D eigenvalue weighted by atomic mass is 9.53. The molecule has 2 aromatic carbocycles. The Kier molecular flexibility index (Phi) is 3.67. The Balaban J connectivity index is 1.77. The van der Waals surface area contributed by atoms with Gasteiger partial charge in [0.15, 0.2) is 0 Å². The van der Waals surface area contributed by atoms with Crippen LogP contribution < -0.4 is 0 Å². The Morgan fingerprint density at radius 3 is 2.08 bits per heavy atom. The second-order valence-corrected chi connectivity index (χ2v) is 6.99. The van der Waals surface area contributed by atoms with E-state index in [4.69, 9.17) is 11.6 Å². The highest BCUT2D eigenvalue weighted by atomic mass is 35.5. The molecule has 120 valence electrons. The molecule has 4 rings (SSSR count). The lowest BCUT2D eigenvalue weighted by Crippen LogP contribution is -2.53. The Bertz CT molecular complexity index is 825. The lowest BCUT2D eigenvalue weighted by Gasteiger charge is -2.53. The topological polar surface area (TPSA) is 33.1 Å². The molecule has 1 N–H and O–H groups in total. The largest absolute Gasteiger partial charge is 0.385 e. The standard InChI is InChI=1S/C21H18ClNO/c22-18-11-9-16(10-12-18)20(19-8-4-5-13-23-19)14-21(24,15-20)17-6-2-1-3-7-17/h1-13,24H,14-15H2. The molecule has 0 bridgehead atoms. The summed E-state index contributed by atoms with van der Waals surface area (Å²) in [6.45, 7) is 0. The summed E-state index contributed by atoms with van der Waals surface area (Å²) >= 11 is 6.06. The summed E-state index contributed by atoms with van der Waals surface area (Å²) in [5.74, 6) is 0. The number of aliphatic hydroxyl groups is 1. The number of benzene rings is 2. The van der Waals surface area contributed by atoms with Crippen molar-refractivity contribution in [2.75, 3.05) is 0 Å². The molecule has 0 unspecified atom stereocenters. The number of pyridine rings is 1. The number of hydrogen-bond donors (Lipinski definition) is 1. The SMILES string of the molecule is OC1(c2ccccc2)CC(c2ccc(Cl)cc2)(c2ccccn2)C1. The van der Waals surface area contributed by atoms with Gasteiger partial charge in [-0.15, -0.1) is 0 Å². The van der Waals surface area contributed by atoms with E-state index in [1.54, 1.807) is 0 Å². The van der Waals surface area contributed by atoms with Crippen LogP contribution in [0.3, 0.4) is 0 Å². The van der Waals surface area contributed by atoms with Gasteiger partial charge in [0.25, 0.3) is 0 Å². The quantitative estimate of drug-likeness (QED) is 0.752. The summed E-state index contributed by atoms with van der Waals surface area (Å²) in [4.78, 5) is 4.59. The Labute approximate surface area is 146 Å². The molecule has 1 aromatic heterocycles. The second kappa shape index (κ2) is 5.73. The van der Waals surface area contributed by atoms with Crippen molar-refractivity contribution in [3.05, 3.63) is 101 Å². The number of hydrogen-bond acceptors (Lipinski definition) is 2. The van der Waals surface area contributed by atoms with E-state index in [2.05, 4.69) is 4.98 Å². The van der Waals surface area contributed by atoms with E-state index in [-0.39, 0.29) is 5.41 Å². The zero-order valence-corrected chi connectivity index (χ0v) is 13.9. The van der Waals surface area contributed by atoms with Crippen molar-refractivity contribution in [1.82, 2.24) is 4.98 Å². The van der Waals surface area contributed by atoms with Gasteiger partial charge in [0.05, 0.1) is 11.3 Å². The van der Waals surface area contributed by atoms with Crippen molar-refractivity contribution < 1.29 is 5.11 Å². The third-order valence-corrected chi connectivity index (χ3v) is 5.30. The monoisotopic (exact) mass is 335 g/mol. The third kappa shape index (κ3) is 2.43. The van der Waals surface area contributed by atoms with E-state index >= 15 is 0 Å². The van der Waals surface area contributed by atoms with Gasteiger partial charge in [-0.3, -0.25) is 4.98 Å². The molecule has 0 saturated heterocycles. The molecule has 1 fully saturated rings. The molecular weight excluding hydrogens is 318 g/mol. The van der Waals surface area contributed by atoms with Crippen molar-refractivity contribution in [2.24, 2.45) is 0 Å². The first kappa shape index (κ1) is 15.4. The van der Waals surface area contributed by atoms with Crippen LogP contribution in [0.1, 0.15) is 29.7 Å². The molecule has 1 saturated carbocycles. The van der Waals surface area contributed by atoms with Crippen molar-refractivity contribution in [3.8, 4) is 0 Å². The Morgan fingerprint density at radius 1 is 0.792 bits per heavy atom. The third-order valence-electron chi connectivity index (χ3n) is 5.05. The molecule has 0 radical (unpaired) electrons. The highest BCUT2D eigenvalue weighted by Crippen LogP contribution is 2.58. The summed E-state index contributed by atoms with van der Waals surface area (Å²) < 4.78 is 0. The van der Waals surface area contributed by atoms with E-state index in [0.29, 0.717) is 17.9 Å². The molecule has 3 aromatic rings. The summed E-state index contributed by atoms with van der Waals surface area (Å²) in [5, 5.41) is 11.9. The first-order valence-corrected chi connectivity index (χ1v) is 8.46. The highest BCUT2D eigenvalue weighted by molar-refractivity contribution is 6.30. The van der Waals surface area contributed by atoms with Crippen LogP contribution in [0.2, 0.25) is 5.02 Å². The normalized spacial score (nSPS) is 25.9. The summed E-state index contributed by atoms with van der Waals surface area (Å²) in [7, 11) is 0. The first-order valence-electron chi connectivity index (χ1n) is 8.08. The molecule has 0 aliphatic heterocycles. The van der Waals surface area contributed by atoms with Crippen LogP contribution in [0, 0.1) is 0 Å². The molecule has 1 aliphatic rings. The van der Waals surface area contributed by atoms with E-state index in [9.17, 15) is 5.11 Å². The molecular formula is C21H18ClNO. The fraction of sp³-hybridized carbons (Fsp3) is 0.190. The van der Waals surface area contributed by atoms with Crippen LogP contribution >= 0.6 is 11.6 Å². The van der Waals surface area contributed by atoms with Crippen LogP contribution in [-0.2, 0) is 11.0 Å².